The Labute approximate surface area is 142 Å². The van der Waals surface area contributed by atoms with Crippen LogP contribution < -0.4 is 9.62 Å². The second-order valence-electron chi connectivity index (χ2n) is 6.12. The van der Waals surface area contributed by atoms with Gasteiger partial charge in [0, 0.05) is 17.8 Å². The van der Waals surface area contributed by atoms with Gasteiger partial charge in [0.15, 0.2) is 0 Å². The molecule has 0 spiro atoms. The SMILES string of the molecule is Cc1cc(C)cc(NC(=O)c2ccc(N3CCCS3(=O)=O)cc2)c1. The standard InChI is InChI=1S/C18H20N2O3S/c1-13-10-14(2)12-16(11-13)19-18(21)15-4-6-17(7-5-15)20-8-3-9-24(20,22)23/h4-7,10-12H,3,8-9H2,1-2H3,(H,19,21). The van der Waals surface area contributed by atoms with Gasteiger partial charge in [-0.15, -0.1) is 0 Å². The summed E-state index contributed by atoms with van der Waals surface area (Å²) in [6.07, 6.45) is 0.636. The molecule has 2 aromatic carbocycles. The van der Waals surface area contributed by atoms with Crippen molar-refractivity contribution < 1.29 is 13.2 Å². The number of nitrogens with zero attached hydrogens (tertiary/aromatic N) is 1. The summed E-state index contributed by atoms with van der Waals surface area (Å²) in [7, 11) is -3.20. The van der Waals surface area contributed by atoms with Gasteiger partial charge in [0.1, 0.15) is 0 Å². The zero-order valence-corrected chi connectivity index (χ0v) is 14.6. The number of sulfonamides is 1. The smallest absolute Gasteiger partial charge is 0.255 e. The Morgan fingerprint density at radius 2 is 1.67 bits per heavy atom. The summed E-state index contributed by atoms with van der Waals surface area (Å²) < 4.78 is 25.3. The molecule has 1 aliphatic heterocycles. The second kappa shape index (κ2) is 6.28. The van der Waals surface area contributed by atoms with Crippen LogP contribution >= 0.6 is 0 Å². The summed E-state index contributed by atoms with van der Waals surface area (Å²) in [5, 5.41) is 2.87. The molecule has 0 saturated carbocycles. The fraction of sp³-hybridized carbons (Fsp3) is 0.278. The molecule has 0 unspecified atom stereocenters. The van der Waals surface area contributed by atoms with Gasteiger partial charge in [0.25, 0.3) is 5.91 Å². The quantitative estimate of drug-likeness (QED) is 0.930. The Balaban J connectivity index is 1.77. The van der Waals surface area contributed by atoms with Crippen LogP contribution in [0.15, 0.2) is 42.5 Å². The number of hydrogen-bond acceptors (Lipinski definition) is 3. The predicted molar refractivity (Wildman–Crippen MR) is 96.1 cm³/mol. The van der Waals surface area contributed by atoms with E-state index in [0.717, 1.165) is 16.8 Å². The predicted octanol–water partition coefficient (Wildman–Crippen LogP) is 3.10. The lowest BCUT2D eigenvalue weighted by Crippen LogP contribution is -2.25. The largest absolute Gasteiger partial charge is 0.322 e. The number of rotatable bonds is 3. The van der Waals surface area contributed by atoms with E-state index < -0.39 is 10.0 Å². The van der Waals surface area contributed by atoms with E-state index in [4.69, 9.17) is 0 Å². The van der Waals surface area contributed by atoms with Gasteiger partial charge in [-0.2, -0.15) is 0 Å². The molecule has 0 aromatic heterocycles. The maximum atomic E-state index is 12.4. The van der Waals surface area contributed by atoms with Crippen LogP contribution in [-0.4, -0.2) is 26.6 Å². The van der Waals surface area contributed by atoms with E-state index in [9.17, 15) is 13.2 Å². The molecule has 1 fully saturated rings. The maximum Gasteiger partial charge on any atom is 0.255 e. The van der Waals surface area contributed by atoms with Crippen molar-refractivity contribution in [1.82, 2.24) is 0 Å². The van der Waals surface area contributed by atoms with Gasteiger partial charge >= 0.3 is 0 Å². The Bertz CT molecular complexity index is 853. The summed E-state index contributed by atoms with van der Waals surface area (Å²) in [6.45, 7) is 4.46. The maximum absolute atomic E-state index is 12.4. The van der Waals surface area contributed by atoms with E-state index in [1.54, 1.807) is 24.3 Å². The van der Waals surface area contributed by atoms with Gasteiger partial charge in [0.2, 0.25) is 10.0 Å². The van der Waals surface area contributed by atoms with Crippen LogP contribution in [0.4, 0.5) is 11.4 Å². The van der Waals surface area contributed by atoms with Crippen LogP contribution in [-0.2, 0) is 10.0 Å². The molecule has 6 heteroatoms. The first-order chi connectivity index (χ1) is 11.3. The number of anilines is 2. The average molecular weight is 344 g/mol. The first-order valence-corrected chi connectivity index (χ1v) is 9.46. The molecule has 24 heavy (non-hydrogen) atoms. The van der Waals surface area contributed by atoms with Gasteiger partial charge in [-0.05, 0) is 67.8 Å². The zero-order valence-electron chi connectivity index (χ0n) is 13.7. The molecule has 0 bridgehead atoms. The molecule has 1 aliphatic rings. The van der Waals surface area contributed by atoms with Crippen molar-refractivity contribution in [3.63, 3.8) is 0 Å². The van der Waals surface area contributed by atoms with Gasteiger partial charge in [0.05, 0.1) is 11.4 Å². The molecule has 5 nitrogen and oxygen atoms in total. The number of aryl methyl sites for hydroxylation is 2. The Hall–Kier alpha value is -2.34. The molecular weight excluding hydrogens is 324 g/mol. The Morgan fingerprint density at radius 1 is 1.04 bits per heavy atom. The van der Waals surface area contributed by atoms with E-state index in [1.807, 2.05) is 32.0 Å². The molecular formula is C18H20N2O3S. The van der Waals surface area contributed by atoms with Crippen LogP contribution in [0.3, 0.4) is 0 Å². The van der Waals surface area contributed by atoms with Crippen LogP contribution in [0.1, 0.15) is 27.9 Å². The van der Waals surface area contributed by atoms with Crippen molar-refractivity contribution in [2.45, 2.75) is 20.3 Å². The third-order valence-corrected chi connectivity index (χ3v) is 5.87. The summed E-state index contributed by atoms with van der Waals surface area (Å²) in [6, 6.07) is 12.5. The van der Waals surface area contributed by atoms with Gasteiger partial charge in [-0.1, -0.05) is 6.07 Å². The molecule has 1 heterocycles. The number of carbonyl (C=O) groups excluding carboxylic acids is 1. The number of nitrogens with one attached hydrogen (secondary N) is 1. The van der Waals surface area contributed by atoms with Crippen molar-refractivity contribution in [2.24, 2.45) is 0 Å². The molecule has 0 atom stereocenters. The highest BCUT2D eigenvalue weighted by Gasteiger charge is 2.28. The Kier molecular flexibility index (Phi) is 4.32. The highest BCUT2D eigenvalue weighted by atomic mass is 32.2. The van der Waals surface area contributed by atoms with Crippen molar-refractivity contribution in [1.29, 1.82) is 0 Å². The van der Waals surface area contributed by atoms with Crippen molar-refractivity contribution in [3.05, 3.63) is 59.2 Å². The highest BCUT2D eigenvalue weighted by Crippen LogP contribution is 2.24. The van der Waals surface area contributed by atoms with Crippen LogP contribution in [0.5, 0.6) is 0 Å². The zero-order chi connectivity index (χ0) is 17.3. The van der Waals surface area contributed by atoms with Crippen molar-refractivity contribution in [2.75, 3.05) is 21.9 Å². The molecule has 2 aromatic rings. The number of benzene rings is 2. The van der Waals surface area contributed by atoms with E-state index in [0.29, 0.717) is 24.2 Å². The lowest BCUT2D eigenvalue weighted by molar-refractivity contribution is 0.102. The van der Waals surface area contributed by atoms with Crippen molar-refractivity contribution >= 4 is 27.3 Å². The van der Waals surface area contributed by atoms with Crippen LogP contribution in [0, 0.1) is 13.8 Å². The van der Waals surface area contributed by atoms with E-state index in [2.05, 4.69) is 5.32 Å². The van der Waals surface area contributed by atoms with Crippen molar-refractivity contribution in [3.8, 4) is 0 Å². The molecule has 0 aliphatic carbocycles. The van der Waals surface area contributed by atoms with E-state index in [-0.39, 0.29) is 11.7 Å². The van der Waals surface area contributed by atoms with Gasteiger partial charge < -0.3 is 5.32 Å². The third-order valence-electron chi connectivity index (χ3n) is 4.00. The number of carbonyl (C=O) groups is 1. The average Bonchev–Trinajstić information content (AvgIpc) is 2.85. The normalized spacial score (nSPS) is 16.2. The summed E-state index contributed by atoms with van der Waals surface area (Å²) in [5.74, 6) is -0.0297. The second-order valence-corrected chi connectivity index (χ2v) is 8.13. The summed E-state index contributed by atoms with van der Waals surface area (Å²) >= 11 is 0. The molecule has 126 valence electrons. The highest BCUT2D eigenvalue weighted by molar-refractivity contribution is 7.93. The summed E-state index contributed by atoms with van der Waals surface area (Å²) in [5.41, 5.74) is 4.02. The van der Waals surface area contributed by atoms with Gasteiger partial charge in [-0.25, -0.2) is 8.42 Å². The Morgan fingerprint density at radius 3 is 2.21 bits per heavy atom. The lowest BCUT2D eigenvalue weighted by atomic mass is 10.1. The minimum atomic E-state index is -3.20. The van der Waals surface area contributed by atoms with Crippen LogP contribution in [0.2, 0.25) is 0 Å². The summed E-state index contributed by atoms with van der Waals surface area (Å²) in [4.78, 5) is 12.4. The molecule has 3 rings (SSSR count). The minimum absolute atomic E-state index is 0.182. The third kappa shape index (κ3) is 3.43. The lowest BCUT2D eigenvalue weighted by Gasteiger charge is -2.17. The number of hydrogen-bond donors (Lipinski definition) is 1. The topological polar surface area (TPSA) is 66.5 Å². The monoisotopic (exact) mass is 344 g/mol. The van der Waals surface area contributed by atoms with Gasteiger partial charge in [-0.3, -0.25) is 9.10 Å². The number of amides is 1. The molecule has 0 radical (unpaired) electrons. The van der Waals surface area contributed by atoms with E-state index >= 15 is 0 Å². The molecule has 1 saturated heterocycles. The van der Waals surface area contributed by atoms with E-state index in [1.165, 1.54) is 4.31 Å². The van der Waals surface area contributed by atoms with Crippen LogP contribution in [0.25, 0.3) is 0 Å². The molecule has 1 amide bonds. The fourth-order valence-electron chi connectivity index (χ4n) is 2.96. The minimum Gasteiger partial charge on any atom is -0.322 e. The first-order valence-electron chi connectivity index (χ1n) is 7.85. The molecule has 1 N–H and O–H groups in total. The fourth-order valence-corrected chi connectivity index (χ4v) is 4.52. The first kappa shape index (κ1) is 16.5.